The van der Waals surface area contributed by atoms with Gasteiger partial charge in [0.15, 0.2) is 5.79 Å². The van der Waals surface area contributed by atoms with Gasteiger partial charge in [-0.15, -0.1) is 0 Å². The normalized spacial score (nSPS) is 25.6. The van der Waals surface area contributed by atoms with E-state index in [1.807, 2.05) is 19.1 Å². The summed E-state index contributed by atoms with van der Waals surface area (Å²) in [5, 5.41) is 3.55. The van der Waals surface area contributed by atoms with E-state index >= 15 is 0 Å². The van der Waals surface area contributed by atoms with Gasteiger partial charge in [-0.3, -0.25) is 0 Å². The van der Waals surface area contributed by atoms with Crippen molar-refractivity contribution < 1.29 is 14.2 Å². The topological polar surface area (TPSA) is 39.7 Å². The fourth-order valence-electron chi connectivity index (χ4n) is 2.96. The molecule has 1 unspecified atom stereocenters. The Morgan fingerprint density at radius 3 is 2.89 bits per heavy atom. The molecule has 0 amide bonds. The van der Waals surface area contributed by atoms with Crippen LogP contribution in [0.15, 0.2) is 24.3 Å². The molecule has 2 fully saturated rings. The van der Waals surface area contributed by atoms with Crippen molar-refractivity contribution in [3.05, 3.63) is 29.8 Å². The van der Waals surface area contributed by atoms with Gasteiger partial charge in [-0.05, 0) is 13.0 Å². The van der Waals surface area contributed by atoms with E-state index in [9.17, 15) is 0 Å². The molecule has 2 aliphatic rings. The van der Waals surface area contributed by atoms with Crippen LogP contribution in [-0.4, -0.2) is 32.2 Å². The molecule has 4 heteroatoms. The Balaban J connectivity index is 1.81. The van der Waals surface area contributed by atoms with E-state index in [2.05, 4.69) is 17.4 Å². The zero-order valence-corrected chi connectivity index (χ0v) is 11.4. The monoisotopic (exact) mass is 263 g/mol. The third-order valence-electron chi connectivity index (χ3n) is 3.82. The smallest absolute Gasteiger partial charge is 0.171 e. The maximum Gasteiger partial charge on any atom is 0.171 e. The van der Waals surface area contributed by atoms with Gasteiger partial charge in [-0.25, -0.2) is 0 Å². The van der Waals surface area contributed by atoms with Crippen LogP contribution < -0.4 is 10.1 Å². The lowest BCUT2D eigenvalue weighted by Gasteiger charge is -2.37. The fourth-order valence-corrected chi connectivity index (χ4v) is 2.96. The Kier molecular flexibility index (Phi) is 3.73. The molecule has 0 radical (unpaired) electrons. The first-order valence-electron chi connectivity index (χ1n) is 7.06. The number of para-hydroxylation sites is 1. The Morgan fingerprint density at radius 1 is 1.32 bits per heavy atom. The number of ether oxygens (including phenoxy) is 3. The van der Waals surface area contributed by atoms with E-state index in [1.165, 1.54) is 5.56 Å². The summed E-state index contributed by atoms with van der Waals surface area (Å²) in [5.74, 6) is 0.576. The molecule has 0 saturated carbocycles. The van der Waals surface area contributed by atoms with E-state index in [0.717, 1.165) is 25.1 Å². The molecule has 0 bridgehead atoms. The third kappa shape index (κ3) is 2.61. The minimum atomic E-state index is -0.380. The molecule has 2 saturated heterocycles. The van der Waals surface area contributed by atoms with Gasteiger partial charge in [0, 0.05) is 31.0 Å². The minimum absolute atomic E-state index is 0.231. The second-order valence-corrected chi connectivity index (χ2v) is 5.04. The summed E-state index contributed by atoms with van der Waals surface area (Å²) in [5.41, 5.74) is 1.20. The molecule has 0 aliphatic carbocycles. The average Bonchev–Trinajstić information content (AvgIpc) is 2.88. The van der Waals surface area contributed by atoms with Crippen molar-refractivity contribution in [2.75, 3.05) is 26.4 Å². The van der Waals surface area contributed by atoms with Crippen LogP contribution >= 0.6 is 0 Å². The predicted octanol–water partition coefficient (Wildman–Crippen LogP) is 2.25. The molecule has 2 aliphatic heterocycles. The molecule has 2 heterocycles. The number of hydrogen-bond acceptors (Lipinski definition) is 4. The standard InChI is InChI=1S/C15H21NO3/c1-2-17-14-6-4-3-5-12(14)13-11-15(7-8-16-13)18-9-10-19-15/h3-6,13,16H,2,7-11H2,1H3. The zero-order chi connectivity index (χ0) is 13.1. The quantitative estimate of drug-likeness (QED) is 0.908. The van der Waals surface area contributed by atoms with Gasteiger partial charge in [0.1, 0.15) is 5.75 Å². The number of rotatable bonds is 3. The highest BCUT2D eigenvalue weighted by atomic mass is 16.7. The number of piperidine rings is 1. The highest BCUT2D eigenvalue weighted by Gasteiger charge is 2.42. The summed E-state index contributed by atoms with van der Waals surface area (Å²) in [4.78, 5) is 0. The second-order valence-electron chi connectivity index (χ2n) is 5.04. The van der Waals surface area contributed by atoms with Gasteiger partial charge in [-0.2, -0.15) is 0 Å². The maximum atomic E-state index is 5.83. The molecule has 1 aromatic carbocycles. The largest absolute Gasteiger partial charge is 0.494 e. The van der Waals surface area contributed by atoms with Gasteiger partial charge in [0.2, 0.25) is 0 Å². The minimum Gasteiger partial charge on any atom is -0.494 e. The molecule has 19 heavy (non-hydrogen) atoms. The van der Waals surface area contributed by atoms with Crippen molar-refractivity contribution >= 4 is 0 Å². The summed E-state index contributed by atoms with van der Waals surface area (Å²) in [6.45, 7) is 5.02. The summed E-state index contributed by atoms with van der Waals surface area (Å²) in [6, 6.07) is 8.44. The summed E-state index contributed by atoms with van der Waals surface area (Å²) < 4.78 is 17.4. The molecule has 1 aromatic rings. The fraction of sp³-hybridized carbons (Fsp3) is 0.600. The van der Waals surface area contributed by atoms with Crippen LogP contribution in [0.1, 0.15) is 31.4 Å². The zero-order valence-electron chi connectivity index (χ0n) is 11.4. The van der Waals surface area contributed by atoms with Gasteiger partial charge in [-0.1, -0.05) is 18.2 Å². The summed E-state index contributed by atoms with van der Waals surface area (Å²) >= 11 is 0. The third-order valence-corrected chi connectivity index (χ3v) is 3.82. The van der Waals surface area contributed by atoms with Crippen LogP contribution in [-0.2, 0) is 9.47 Å². The molecule has 104 valence electrons. The Bertz CT molecular complexity index is 429. The van der Waals surface area contributed by atoms with Crippen LogP contribution in [0.3, 0.4) is 0 Å². The van der Waals surface area contributed by atoms with Crippen molar-refractivity contribution in [2.24, 2.45) is 0 Å². The SMILES string of the molecule is CCOc1ccccc1C1CC2(CCN1)OCCO2. The highest BCUT2D eigenvalue weighted by molar-refractivity contribution is 5.36. The van der Waals surface area contributed by atoms with E-state index in [1.54, 1.807) is 0 Å². The summed E-state index contributed by atoms with van der Waals surface area (Å²) in [7, 11) is 0. The van der Waals surface area contributed by atoms with Crippen molar-refractivity contribution in [3.8, 4) is 5.75 Å². The van der Waals surface area contributed by atoms with Crippen molar-refractivity contribution in [2.45, 2.75) is 31.6 Å². The molecule has 3 rings (SSSR count). The number of benzene rings is 1. The lowest BCUT2D eigenvalue weighted by Crippen LogP contribution is -2.44. The van der Waals surface area contributed by atoms with Crippen molar-refractivity contribution in [1.29, 1.82) is 0 Å². The van der Waals surface area contributed by atoms with Crippen molar-refractivity contribution in [3.63, 3.8) is 0 Å². The van der Waals surface area contributed by atoms with Crippen LogP contribution in [0, 0.1) is 0 Å². The Hall–Kier alpha value is -1.10. The van der Waals surface area contributed by atoms with Gasteiger partial charge in [0.05, 0.1) is 19.8 Å². The van der Waals surface area contributed by atoms with Crippen molar-refractivity contribution in [1.82, 2.24) is 5.32 Å². The molecule has 0 aromatic heterocycles. The van der Waals surface area contributed by atoms with E-state index < -0.39 is 0 Å². The molecular formula is C15H21NO3. The molecular weight excluding hydrogens is 242 g/mol. The molecule has 1 N–H and O–H groups in total. The van der Waals surface area contributed by atoms with Crippen LogP contribution in [0.4, 0.5) is 0 Å². The first kappa shape index (κ1) is 12.9. The van der Waals surface area contributed by atoms with Crippen LogP contribution in [0.2, 0.25) is 0 Å². The number of nitrogens with one attached hydrogen (secondary N) is 1. The first-order valence-corrected chi connectivity index (χ1v) is 7.06. The molecule has 4 nitrogen and oxygen atoms in total. The highest BCUT2D eigenvalue weighted by Crippen LogP contribution is 2.39. The Labute approximate surface area is 114 Å². The first-order chi connectivity index (χ1) is 9.33. The molecule has 1 spiro atoms. The molecule has 1 atom stereocenters. The maximum absolute atomic E-state index is 5.83. The van der Waals surface area contributed by atoms with Crippen LogP contribution in [0.25, 0.3) is 0 Å². The van der Waals surface area contributed by atoms with E-state index in [-0.39, 0.29) is 11.8 Å². The number of hydrogen-bond donors (Lipinski definition) is 1. The van der Waals surface area contributed by atoms with Crippen LogP contribution in [0.5, 0.6) is 5.75 Å². The van der Waals surface area contributed by atoms with E-state index in [0.29, 0.717) is 19.8 Å². The van der Waals surface area contributed by atoms with Gasteiger partial charge in [0.25, 0.3) is 0 Å². The second kappa shape index (κ2) is 5.49. The van der Waals surface area contributed by atoms with Gasteiger partial charge < -0.3 is 19.5 Å². The summed E-state index contributed by atoms with van der Waals surface area (Å²) in [6.07, 6.45) is 1.76. The lowest BCUT2D eigenvalue weighted by atomic mass is 9.92. The lowest BCUT2D eigenvalue weighted by molar-refractivity contribution is -0.180. The van der Waals surface area contributed by atoms with Gasteiger partial charge >= 0.3 is 0 Å². The predicted molar refractivity (Wildman–Crippen MR) is 72.2 cm³/mol. The average molecular weight is 263 g/mol. The van der Waals surface area contributed by atoms with E-state index in [4.69, 9.17) is 14.2 Å². The Morgan fingerprint density at radius 2 is 2.11 bits per heavy atom.